The molecule has 0 bridgehead atoms. The number of ether oxygens (including phenoxy) is 6. The van der Waals surface area contributed by atoms with Crippen LogP contribution >= 0.6 is 24.4 Å². The molecule has 0 amide bonds. The largest absolute Gasteiger partial charge is 0.463 e. The predicted octanol–water partition coefficient (Wildman–Crippen LogP) is 16.3. The molecule has 0 aliphatic carbocycles. The van der Waals surface area contributed by atoms with Crippen molar-refractivity contribution in [3.63, 3.8) is 0 Å². The second-order valence-corrected chi connectivity index (χ2v) is 25.2. The molecule has 0 aromatic rings. The van der Waals surface area contributed by atoms with Gasteiger partial charge in [-0.25, -0.2) is 9.59 Å². The van der Waals surface area contributed by atoms with Crippen LogP contribution < -0.4 is 10.6 Å². The molecule has 2 heterocycles. The van der Waals surface area contributed by atoms with Crippen LogP contribution in [0.2, 0.25) is 0 Å². The van der Waals surface area contributed by atoms with Gasteiger partial charge in [-0.15, -0.1) is 0 Å². The number of rotatable bonds is 59. The van der Waals surface area contributed by atoms with E-state index in [1.54, 1.807) is 0 Å². The molecule has 84 heavy (non-hydrogen) atoms. The first-order valence-corrected chi connectivity index (χ1v) is 36.0. The van der Waals surface area contributed by atoms with E-state index in [1.165, 1.54) is 141 Å². The van der Waals surface area contributed by atoms with Crippen LogP contribution in [0.4, 0.5) is 0 Å². The van der Waals surface area contributed by atoms with E-state index in [-0.39, 0.29) is 47.7 Å². The average Bonchev–Trinajstić information content (AvgIpc) is 3.65. The highest BCUT2D eigenvalue weighted by atomic mass is 32.1. The van der Waals surface area contributed by atoms with Crippen LogP contribution in [0.1, 0.15) is 310 Å². The highest BCUT2D eigenvalue weighted by Crippen LogP contribution is 2.21. The molecule has 2 aliphatic rings. The molecular weight excluding hydrogens is 1100 g/mol. The summed E-state index contributed by atoms with van der Waals surface area (Å²) in [6, 6.07) is 0. The Hall–Kier alpha value is -2.82. The van der Waals surface area contributed by atoms with Crippen LogP contribution in [0.3, 0.4) is 0 Å². The van der Waals surface area contributed by atoms with Crippen LogP contribution in [0.5, 0.6) is 0 Å². The number of carbonyl (C=O) groups excluding carboxylic acids is 4. The van der Waals surface area contributed by atoms with Gasteiger partial charge >= 0.3 is 23.9 Å². The van der Waals surface area contributed by atoms with E-state index < -0.39 is 24.1 Å². The number of hydrogen-bond donors (Lipinski definition) is 2. The monoisotopic (exact) mass is 1220 g/mol. The van der Waals surface area contributed by atoms with Crippen molar-refractivity contribution < 1.29 is 47.6 Å². The first-order valence-electron chi connectivity index (χ1n) is 35.2. The maximum absolute atomic E-state index is 14.1. The minimum absolute atomic E-state index is 0.0135. The maximum atomic E-state index is 14.1. The van der Waals surface area contributed by atoms with Crippen molar-refractivity contribution in [1.29, 1.82) is 0 Å². The minimum atomic E-state index is -1.58. The van der Waals surface area contributed by atoms with Crippen molar-refractivity contribution in [2.45, 2.75) is 335 Å². The molecule has 0 aromatic carbocycles. The highest BCUT2D eigenvalue weighted by molar-refractivity contribution is 7.80. The van der Waals surface area contributed by atoms with Gasteiger partial charge in [0, 0.05) is 25.9 Å². The Morgan fingerprint density at radius 3 is 0.952 bits per heavy atom. The summed E-state index contributed by atoms with van der Waals surface area (Å²) in [4.78, 5) is 58.9. The molecule has 2 unspecified atom stereocenters. The fraction of sp³-hybridized carbons (Fsp3) is 0.912. The lowest BCUT2D eigenvalue weighted by Gasteiger charge is -2.30. The molecule has 490 valence electrons. The lowest BCUT2D eigenvalue weighted by molar-refractivity contribution is -0.170. The number of esters is 4. The molecule has 14 nitrogen and oxygen atoms in total. The molecule has 0 spiro atoms. The number of nitrogens with one attached hydrogen (secondary N) is 2. The van der Waals surface area contributed by atoms with Gasteiger partial charge in [-0.1, -0.05) is 195 Å². The standard InChI is InChI=1S/C68H126N4O10S2/c1-5-9-13-17-23-31-43-59(44-32-24-18-14-10-6-2)79-61(73)47-35-27-21-29-37-57-77-65(75)63(81-67(83)69-49-39-51-71-53-41-54-71)64(82-68(84)70-50-40-52-72-55-42-56-72)66(76)78-58-38-30-22-28-36-48-62(74)80-60(45-33-25-19-15-11-7-3)46-34-26-20-16-12-8-4/h59-60,63-64H,5-58H2,1-4H3,(H,69,83)(H,70,84). The number of hydrogen-bond acceptors (Lipinski definition) is 14. The van der Waals surface area contributed by atoms with E-state index in [0.29, 0.717) is 38.8 Å². The van der Waals surface area contributed by atoms with Crippen molar-refractivity contribution >= 4 is 58.7 Å². The van der Waals surface area contributed by atoms with E-state index in [4.69, 9.17) is 52.9 Å². The molecule has 2 N–H and O–H groups in total. The smallest absolute Gasteiger partial charge is 0.352 e. The highest BCUT2D eigenvalue weighted by Gasteiger charge is 2.42. The third-order valence-electron chi connectivity index (χ3n) is 16.6. The van der Waals surface area contributed by atoms with E-state index in [9.17, 15) is 19.2 Å². The molecule has 16 heteroatoms. The van der Waals surface area contributed by atoms with Crippen molar-refractivity contribution in [1.82, 2.24) is 20.4 Å². The summed E-state index contributed by atoms with van der Waals surface area (Å²) in [7, 11) is 0. The number of unbranched alkanes of at least 4 members (excludes halogenated alkanes) is 28. The van der Waals surface area contributed by atoms with Gasteiger partial charge in [0.05, 0.1) is 13.2 Å². The van der Waals surface area contributed by atoms with Crippen molar-refractivity contribution in [2.24, 2.45) is 0 Å². The van der Waals surface area contributed by atoms with E-state index in [1.807, 2.05) is 0 Å². The summed E-state index contributed by atoms with van der Waals surface area (Å²) in [5.74, 6) is -1.78. The Morgan fingerprint density at radius 1 is 0.369 bits per heavy atom. The van der Waals surface area contributed by atoms with Crippen molar-refractivity contribution in [3.05, 3.63) is 0 Å². The Kier molecular flexibility index (Phi) is 51.0. The predicted molar refractivity (Wildman–Crippen MR) is 351 cm³/mol. The van der Waals surface area contributed by atoms with E-state index in [0.717, 1.165) is 155 Å². The van der Waals surface area contributed by atoms with Gasteiger partial charge in [0.15, 0.2) is 0 Å². The summed E-state index contributed by atoms with van der Waals surface area (Å²) in [5.41, 5.74) is 0. The van der Waals surface area contributed by atoms with Gasteiger partial charge in [-0.3, -0.25) is 9.59 Å². The van der Waals surface area contributed by atoms with Gasteiger partial charge in [-0.05, 0) is 166 Å². The van der Waals surface area contributed by atoms with E-state index in [2.05, 4.69) is 48.1 Å². The Labute approximate surface area is 524 Å². The summed E-state index contributed by atoms with van der Waals surface area (Å²) >= 11 is 11.2. The number of carbonyl (C=O) groups is 4. The van der Waals surface area contributed by atoms with Crippen LogP contribution in [0.25, 0.3) is 0 Å². The molecule has 2 saturated heterocycles. The summed E-state index contributed by atoms with van der Waals surface area (Å²) in [6.07, 6.45) is 42.8. The topological polar surface area (TPSA) is 154 Å². The van der Waals surface area contributed by atoms with Gasteiger partial charge in [0.2, 0.25) is 12.2 Å². The quantitative estimate of drug-likeness (QED) is 0.0257. The average molecular weight is 1220 g/mol. The molecule has 2 aliphatic heterocycles. The molecular formula is C68H126N4O10S2. The summed E-state index contributed by atoms with van der Waals surface area (Å²) in [6.45, 7) is 16.4. The fourth-order valence-electron chi connectivity index (χ4n) is 10.9. The lowest BCUT2D eigenvalue weighted by atomic mass is 10.0. The fourth-order valence-corrected chi connectivity index (χ4v) is 11.3. The van der Waals surface area contributed by atoms with Gasteiger partial charge in [-0.2, -0.15) is 0 Å². The number of nitrogens with zero attached hydrogens (tertiary/aromatic N) is 2. The Bertz CT molecular complexity index is 1490. The van der Waals surface area contributed by atoms with E-state index >= 15 is 0 Å². The Morgan fingerprint density at radius 2 is 0.655 bits per heavy atom. The summed E-state index contributed by atoms with van der Waals surface area (Å²) < 4.78 is 35.9. The SMILES string of the molecule is CCCCCCCCC(CCCCCCCC)OC(=O)CCCCCCCOC(=O)C(OC(=S)NCCCN1CCC1)C(OC(=S)NCCCN1CCC1)C(=O)OCCCCCCCC(=O)OC(CCCCCCCC)CCCCCCCC. The zero-order chi connectivity index (χ0) is 60.8. The van der Waals surface area contributed by atoms with Gasteiger partial charge < -0.3 is 48.9 Å². The summed E-state index contributed by atoms with van der Waals surface area (Å²) in [5, 5.41) is 6.13. The van der Waals surface area contributed by atoms with Crippen LogP contribution in [0, 0.1) is 0 Å². The Balaban J connectivity index is 1.95. The number of likely N-dealkylation sites (tertiary alicyclic amines) is 2. The van der Waals surface area contributed by atoms with Crippen LogP contribution in [-0.2, 0) is 47.6 Å². The van der Waals surface area contributed by atoms with Crippen LogP contribution in [0.15, 0.2) is 0 Å². The molecule has 0 radical (unpaired) electrons. The van der Waals surface area contributed by atoms with Crippen molar-refractivity contribution in [3.8, 4) is 0 Å². The zero-order valence-electron chi connectivity index (χ0n) is 54.3. The molecule has 2 fully saturated rings. The third kappa shape index (κ3) is 43.7. The second-order valence-electron chi connectivity index (χ2n) is 24.4. The third-order valence-corrected chi connectivity index (χ3v) is 17.1. The van der Waals surface area contributed by atoms with Crippen LogP contribution in [-0.4, -0.2) is 134 Å². The first kappa shape index (κ1) is 77.3. The molecule has 0 aromatic heterocycles. The zero-order valence-corrected chi connectivity index (χ0v) is 55.9. The second kappa shape index (κ2) is 55.5. The lowest BCUT2D eigenvalue weighted by Crippen LogP contribution is -2.50. The minimum Gasteiger partial charge on any atom is -0.463 e. The molecule has 0 saturated carbocycles. The van der Waals surface area contributed by atoms with Gasteiger partial charge in [0.25, 0.3) is 10.3 Å². The number of thiocarbonyl (C=S) groups is 2. The maximum Gasteiger partial charge on any atom is 0.352 e. The van der Waals surface area contributed by atoms with Crippen molar-refractivity contribution in [2.75, 3.05) is 65.6 Å². The van der Waals surface area contributed by atoms with Gasteiger partial charge in [0.1, 0.15) is 12.2 Å². The molecule has 2 atom stereocenters. The first-order chi connectivity index (χ1) is 41.1. The normalized spacial score (nSPS) is 14.1. The molecule has 2 rings (SSSR count).